The molecule has 1 unspecified atom stereocenters. The van der Waals surface area contributed by atoms with Gasteiger partial charge in [0, 0.05) is 26.7 Å². The lowest BCUT2D eigenvalue weighted by atomic mass is 10.1. The number of hydrogen-bond donors (Lipinski definition) is 1. The number of nitrogens with one attached hydrogen (secondary N) is 1. The zero-order valence-corrected chi connectivity index (χ0v) is 21.6. The number of likely N-dealkylation sites (tertiary alicyclic amines) is 1. The molecule has 0 saturated carbocycles. The number of amides is 1. The van der Waals surface area contributed by atoms with E-state index in [0.29, 0.717) is 19.7 Å². The predicted octanol–water partition coefficient (Wildman–Crippen LogP) is 3.20. The molecule has 1 heterocycles. The van der Waals surface area contributed by atoms with Crippen molar-refractivity contribution >= 4 is 16.9 Å². The topological polar surface area (TPSA) is 71.1 Å². The van der Waals surface area contributed by atoms with E-state index in [1.165, 1.54) is 31.5 Å². The second kappa shape index (κ2) is 13.0. The van der Waals surface area contributed by atoms with Gasteiger partial charge in [-0.05, 0) is 74.2 Å². The lowest BCUT2D eigenvalue weighted by Gasteiger charge is -2.19. The zero-order valence-electron chi connectivity index (χ0n) is 20.8. The van der Waals surface area contributed by atoms with Crippen molar-refractivity contribution in [3.05, 3.63) is 58.7 Å². The number of ether oxygens (including phenoxy) is 2. The fourth-order valence-corrected chi connectivity index (χ4v) is 5.33. The molecule has 1 atom stereocenters. The maximum atomic E-state index is 13.0. The van der Waals surface area contributed by atoms with E-state index in [4.69, 9.17) is 9.47 Å². The molecule has 0 aromatic heterocycles. The first kappa shape index (κ1) is 26.3. The first-order chi connectivity index (χ1) is 16.4. The van der Waals surface area contributed by atoms with Gasteiger partial charge in [0.15, 0.2) is 0 Å². The number of methoxy groups -OCH3 is 1. The van der Waals surface area contributed by atoms with Crippen LogP contribution in [-0.2, 0) is 33.6 Å². The summed E-state index contributed by atoms with van der Waals surface area (Å²) in [7, 11) is 2.10. The molecule has 1 fully saturated rings. The van der Waals surface area contributed by atoms with Gasteiger partial charge < -0.3 is 14.8 Å². The molecule has 2 aromatic carbocycles. The summed E-state index contributed by atoms with van der Waals surface area (Å²) >= 11 is 0. The van der Waals surface area contributed by atoms with E-state index in [2.05, 4.69) is 34.5 Å². The Morgan fingerprint density at radius 2 is 1.71 bits per heavy atom. The average Bonchev–Trinajstić information content (AvgIpc) is 3.33. The van der Waals surface area contributed by atoms with E-state index >= 15 is 0 Å². The van der Waals surface area contributed by atoms with Gasteiger partial charge in [-0.1, -0.05) is 24.3 Å². The minimum absolute atomic E-state index is 0.0197. The largest absolute Gasteiger partial charge is 0.497 e. The fourth-order valence-electron chi connectivity index (χ4n) is 4.11. The first-order valence-corrected chi connectivity index (χ1v) is 12.9. The van der Waals surface area contributed by atoms with E-state index in [9.17, 15) is 9.00 Å². The van der Waals surface area contributed by atoms with E-state index < -0.39 is 11.0 Å². The van der Waals surface area contributed by atoms with Gasteiger partial charge in [0.1, 0.15) is 23.3 Å². The number of nitrogens with zero attached hydrogens (tertiary/aromatic N) is 2. The van der Waals surface area contributed by atoms with Gasteiger partial charge in [-0.25, -0.2) is 8.51 Å². The highest BCUT2D eigenvalue weighted by molar-refractivity contribution is 7.82. The summed E-state index contributed by atoms with van der Waals surface area (Å²) < 4.78 is 25.5. The molecule has 1 saturated heterocycles. The van der Waals surface area contributed by atoms with E-state index in [1.54, 1.807) is 18.5 Å². The summed E-state index contributed by atoms with van der Waals surface area (Å²) in [5.74, 6) is 0.595. The van der Waals surface area contributed by atoms with E-state index in [0.717, 1.165) is 33.9 Å². The van der Waals surface area contributed by atoms with Crippen LogP contribution >= 0.6 is 0 Å². The Balaban J connectivity index is 1.35. The molecule has 1 aliphatic heterocycles. The summed E-state index contributed by atoms with van der Waals surface area (Å²) in [5.41, 5.74) is 4.22. The van der Waals surface area contributed by atoms with Crippen molar-refractivity contribution < 1.29 is 18.5 Å². The molecule has 186 valence electrons. The smallest absolute Gasteiger partial charge is 0.246 e. The molecule has 2 aromatic rings. The van der Waals surface area contributed by atoms with Crippen LogP contribution in [0.25, 0.3) is 0 Å². The standard InChI is InChI=1S/C26H37N3O4S/c1-20-15-24(32-4)16-21(2)26(20)34(31)28(3)13-14-33-19-25(30)27-17-22-7-9-23(10-8-22)18-29-11-5-6-12-29/h7-10,15-16H,5-6,11-14,17-19H2,1-4H3,(H,27,30). The Morgan fingerprint density at radius 3 is 2.32 bits per heavy atom. The Bertz CT molecular complexity index is 952. The number of benzene rings is 2. The molecule has 0 spiro atoms. The fraction of sp³-hybridized carbons (Fsp3) is 0.500. The minimum Gasteiger partial charge on any atom is -0.497 e. The molecule has 0 bridgehead atoms. The lowest BCUT2D eigenvalue weighted by molar-refractivity contribution is -0.125. The molecule has 1 N–H and O–H groups in total. The van der Waals surface area contributed by atoms with Gasteiger partial charge in [-0.15, -0.1) is 0 Å². The van der Waals surface area contributed by atoms with E-state index in [1.807, 2.05) is 26.0 Å². The maximum absolute atomic E-state index is 13.0. The van der Waals surface area contributed by atoms with Crippen LogP contribution in [0, 0.1) is 13.8 Å². The molecule has 7 nitrogen and oxygen atoms in total. The van der Waals surface area contributed by atoms with Crippen molar-refractivity contribution in [2.75, 3.05) is 47.0 Å². The van der Waals surface area contributed by atoms with E-state index in [-0.39, 0.29) is 12.5 Å². The van der Waals surface area contributed by atoms with Crippen molar-refractivity contribution in [1.82, 2.24) is 14.5 Å². The number of carbonyl (C=O) groups is 1. The van der Waals surface area contributed by atoms with Crippen molar-refractivity contribution in [2.45, 2.75) is 44.7 Å². The quantitative estimate of drug-likeness (QED) is 0.466. The van der Waals surface area contributed by atoms with Crippen LogP contribution in [0.1, 0.15) is 35.1 Å². The van der Waals surface area contributed by atoms with Crippen LogP contribution in [0.2, 0.25) is 0 Å². The van der Waals surface area contributed by atoms with Crippen molar-refractivity contribution in [3.63, 3.8) is 0 Å². The summed E-state index contributed by atoms with van der Waals surface area (Å²) in [6.45, 7) is 8.45. The van der Waals surface area contributed by atoms with Crippen LogP contribution in [-0.4, -0.2) is 66.3 Å². The van der Waals surface area contributed by atoms with Gasteiger partial charge in [0.05, 0.1) is 18.6 Å². The molecular weight excluding hydrogens is 450 g/mol. The van der Waals surface area contributed by atoms with Crippen molar-refractivity contribution in [1.29, 1.82) is 0 Å². The van der Waals surface area contributed by atoms with Gasteiger partial charge in [0.2, 0.25) is 5.91 Å². The average molecular weight is 488 g/mol. The molecule has 0 radical (unpaired) electrons. The van der Waals surface area contributed by atoms with Gasteiger partial charge >= 0.3 is 0 Å². The third-order valence-electron chi connectivity index (χ3n) is 6.03. The SMILES string of the molecule is COc1cc(C)c(S(=O)N(C)CCOCC(=O)NCc2ccc(CN3CCCC3)cc2)c(C)c1. The molecule has 8 heteroatoms. The molecule has 1 amide bonds. The highest BCUT2D eigenvalue weighted by Gasteiger charge is 2.17. The molecule has 1 aliphatic rings. The summed E-state index contributed by atoms with van der Waals surface area (Å²) in [4.78, 5) is 15.4. The lowest BCUT2D eigenvalue weighted by Crippen LogP contribution is -2.30. The number of aryl methyl sites for hydroxylation is 2. The Hall–Kier alpha value is -2.26. The zero-order chi connectivity index (χ0) is 24.5. The van der Waals surface area contributed by atoms with Crippen LogP contribution in [0.3, 0.4) is 0 Å². The second-order valence-electron chi connectivity index (χ2n) is 8.82. The van der Waals surface area contributed by atoms with Crippen molar-refractivity contribution in [3.8, 4) is 5.75 Å². The molecule has 34 heavy (non-hydrogen) atoms. The normalized spacial score (nSPS) is 15.0. The van der Waals surface area contributed by atoms with Crippen LogP contribution in [0.4, 0.5) is 0 Å². The third kappa shape index (κ3) is 7.63. The third-order valence-corrected chi connectivity index (χ3v) is 7.77. The van der Waals surface area contributed by atoms with Crippen LogP contribution in [0.15, 0.2) is 41.3 Å². The number of likely N-dealkylation sites (N-methyl/N-ethyl adjacent to an activating group) is 1. The summed E-state index contributed by atoms with van der Waals surface area (Å²) in [5, 5.41) is 2.89. The summed E-state index contributed by atoms with van der Waals surface area (Å²) in [6.07, 6.45) is 2.59. The van der Waals surface area contributed by atoms with Gasteiger partial charge in [-0.2, -0.15) is 0 Å². The number of carbonyl (C=O) groups excluding carboxylic acids is 1. The monoisotopic (exact) mass is 487 g/mol. The maximum Gasteiger partial charge on any atom is 0.246 e. The Morgan fingerprint density at radius 1 is 1.09 bits per heavy atom. The highest BCUT2D eigenvalue weighted by Crippen LogP contribution is 2.25. The van der Waals surface area contributed by atoms with Crippen molar-refractivity contribution in [2.24, 2.45) is 0 Å². The molecular formula is C26H37N3O4S. The molecule has 0 aliphatic carbocycles. The molecule has 3 rings (SSSR count). The second-order valence-corrected chi connectivity index (χ2v) is 10.3. The van der Waals surface area contributed by atoms with Crippen LogP contribution < -0.4 is 10.1 Å². The first-order valence-electron chi connectivity index (χ1n) is 11.8. The minimum atomic E-state index is -1.31. The highest BCUT2D eigenvalue weighted by atomic mass is 32.2. The number of hydrogen-bond acceptors (Lipinski definition) is 5. The summed E-state index contributed by atoms with van der Waals surface area (Å²) in [6, 6.07) is 12.2. The predicted molar refractivity (Wildman–Crippen MR) is 135 cm³/mol. The van der Waals surface area contributed by atoms with Gasteiger partial charge in [0.25, 0.3) is 0 Å². The Labute approximate surface area is 206 Å². The van der Waals surface area contributed by atoms with Gasteiger partial charge in [-0.3, -0.25) is 9.69 Å². The van der Waals surface area contributed by atoms with Crippen LogP contribution in [0.5, 0.6) is 5.75 Å². The number of rotatable bonds is 12. The Kier molecular flexibility index (Phi) is 10.1.